The normalized spacial score (nSPS) is 17.9. The Morgan fingerprint density at radius 3 is 2.28 bits per heavy atom. The molecule has 1 heterocycles. The van der Waals surface area contributed by atoms with Gasteiger partial charge in [0.2, 0.25) is 0 Å². The van der Waals surface area contributed by atoms with Gasteiger partial charge in [-0.3, -0.25) is 4.90 Å². The molecule has 1 aromatic rings. The zero-order valence-corrected chi connectivity index (χ0v) is 10.9. The Hall–Kier alpha value is -1.07. The van der Waals surface area contributed by atoms with Crippen LogP contribution in [0.4, 0.5) is 8.78 Å². The van der Waals surface area contributed by atoms with E-state index in [-0.39, 0.29) is 0 Å². The first kappa shape index (κ1) is 13.4. The van der Waals surface area contributed by atoms with Crippen LogP contribution in [0.5, 0.6) is 0 Å². The topological polar surface area (TPSA) is 29.3 Å². The highest BCUT2D eigenvalue weighted by atomic mass is 32.1. The summed E-state index contributed by atoms with van der Waals surface area (Å²) in [4.78, 5) is 2.75. The number of benzene rings is 1. The number of thiocarbonyl (C=S) groups is 1. The van der Waals surface area contributed by atoms with Gasteiger partial charge in [0, 0.05) is 18.5 Å². The molecule has 2 N–H and O–H groups in total. The molecule has 0 amide bonds. The van der Waals surface area contributed by atoms with Crippen molar-refractivity contribution in [3.8, 4) is 0 Å². The van der Waals surface area contributed by atoms with Crippen molar-refractivity contribution in [2.45, 2.75) is 19.4 Å². The molecule has 0 aromatic heterocycles. The second kappa shape index (κ2) is 5.71. The number of halogens is 2. The Morgan fingerprint density at radius 1 is 1.22 bits per heavy atom. The zero-order chi connectivity index (χ0) is 13.1. The molecule has 0 atom stereocenters. The highest BCUT2D eigenvalue weighted by Crippen LogP contribution is 2.19. The third-order valence-electron chi connectivity index (χ3n) is 3.32. The first-order valence-electron chi connectivity index (χ1n) is 6.01. The number of hydrogen-bond acceptors (Lipinski definition) is 2. The number of likely N-dealkylation sites (tertiary alicyclic amines) is 1. The molecule has 1 aliphatic heterocycles. The minimum Gasteiger partial charge on any atom is -0.393 e. The van der Waals surface area contributed by atoms with Crippen molar-refractivity contribution in [3.05, 3.63) is 35.4 Å². The van der Waals surface area contributed by atoms with Crippen LogP contribution < -0.4 is 5.73 Å². The van der Waals surface area contributed by atoms with E-state index in [4.69, 9.17) is 18.0 Å². The van der Waals surface area contributed by atoms with Crippen molar-refractivity contribution in [1.29, 1.82) is 0 Å². The summed E-state index contributed by atoms with van der Waals surface area (Å²) in [5.41, 5.74) is 6.29. The maximum absolute atomic E-state index is 13.1. The van der Waals surface area contributed by atoms with Gasteiger partial charge in [0.25, 0.3) is 0 Å². The molecule has 5 heteroatoms. The van der Waals surface area contributed by atoms with E-state index < -0.39 is 11.6 Å². The summed E-state index contributed by atoms with van der Waals surface area (Å²) in [6.07, 6.45) is 1.85. The van der Waals surface area contributed by atoms with Crippen LogP contribution in [0.2, 0.25) is 0 Å². The summed E-state index contributed by atoms with van der Waals surface area (Å²) in [5, 5.41) is 0. The van der Waals surface area contributed by atoms with Gasteiger partial charge in [-0.15, -0.1) is 0 Å². The quantitative estimate of drug-likeness (QED) is 0.856. The van der Waals surface area contributed by atoms with Crippen LogP contribution in [0.3, 0.4) is 0 Å². The molecule has 0 unspecified atom stereocenters. The second-order valence-corrected chi connectivity index (χ2v) is 5.20. The maximum atomic E-state index is 13.1. The van der Waals surface area contributed by atoms with Crippen molar-refractivity contribution in [2.75, 3.05) is 13.1 Å². The molecule has 0 aliphatic carbocycles. The van der Waals surface area contributed by atoms with Crippen LogP contribution in [-0.4, -0.2) is 23.0 Å². The number of nitrogens with two attached hydrogens (primary N) is 1. The Balaban J connectivity index is 1.93. The van der Waals surface area contributed by atoms with Crippen molar-refractivity contribution in [1.82, 2.24) is 4.90 Å². The molecule has 2 nitrogen and oxygen atoms in total. The van der Waals surface area contributed by atoms with E-state index in [0.29, 0.717) is 23.0 Å². The molecule has 0 radical (unpaired) electrons. The van der Waals surface area contributed by atoms with Gasteiger partial charge in [-0.25, -0.2) is 8.78 Å². The SMILES string of the molecule is NC(=S)C1CCN(Cc2cc(F)cc(F)c2)CC1. The minimum atomic E-state index is -0.525. The number of nitrogens with zero attached hydrogens (tertiary/aromatic N) is 1. The molecule has 0 spiro atoms. The van der Waals surface area contributed by atoms with Gasteiger partial charge < -0.3 is 5.73 Å². The zero-order valence-electron chi connectivity index (χ0n) is 10.0. The van der Waals surface area contributed by atoms with E-state index in [2.05, 4.69) is 4.90 Å². The van der Waals surface area contributed by atoms with Gasteiger partial charge in [0.1, 0.15) is 11.6 Å². The van der Waals surface area contributed by atoms with Gasteiger partial charge in [0.05, 0.1) is 4.99 Å². The lowest BCUT2D eigenvalue weighted by Crippen LogP contribution is -2.37. The number of rotatable bonds is 3. The van der Waals surface area contributed by atoms with Gasteiger partial charge in [-0.05, 0) is 43.6 Å². The molecule has 1 aliphatic rings. The molecular weight excluding hydrogens is 254 g/mol. The third-order valence-corrected chi connectivity index (χ3v) is 3.65. The summed E-state index contributed by atoms with van der Waals surface area (Å²) in [5.74, 6) is -0.744. The second-order valence-electron chi connectivity index (χ2n) is 4.73. The molecule has 98 valence electrons. The Bertz CT molecular complexity index is 422. The highest BCUT2D eigenvalue weighted by Gasteiger charge is 2.21. The molecule has 1 saturated heterocycles. The van der Waals surface area contributed by atoms with E-state index in [1.165, 1.54) is 12.1 Å². The van der Waals surface area contributed by atoms with Crippen LogP contribution in [0.1, 0.15) is 18.4 Å². The van der Waals surface area contributed by atoms with E-state index in [1.54, 1.807) is 0 Å². The molecule has 18 heavy (non-hydrogen) atoms. The smallest absolute Gasteiger partial charge is 0.126 e. The molecule has 1 fully saturated rings. The summed E-state index contributed by atoms with van der Waals surface area (Å²) < 4.78 is 26.1. The van der Waals surface area contributed by atoms with Crippen LogP contribution in [-0.2, 0) is 6.54 Å². The average Bonchev–Trinajstić information content (AvgIpc) is 2.28. The fourth-order valence-corrected chi connectivity index (χ4v) is 2.57. The van der Waals surface area contributed by atoms with Crippen molar-refractivity contribution in [3.63, 3.8) is 0 Å². The van der Waals surface area contributed by atoms with Crippen LogP contribution in [0.15, 0.2) is 18.2 Å². The predicted molar refractivity (Wildman–Crippen MR) is 71.1 cm³/mol. The monoisotopic (exact) mass is 270 g/mol. The largest absolute Gasteiger partial charge is 0.393 e. The lowest BCUT2D eigenvalue weighted by molar-refractivity contribution is 0.202. The Labute approximate surface area is 111 Å². The highest BCUT2D eigenvalue weighted by molar-refractivity contribution is 7.80. The first-order valence-corrected chi connectivity index (χ1v) is 6.42. The molecule has 2 rings (SSSR count). The average molecular weight is 270 g/mol. The molecule has 0 saturated carbocycles. The van der Waals surface area contributed by atoms with Gasteiger partial charge in [-0.1, -0.05) is 12.2 Å². The van der Waals surface area contributed by atoms with E-state index in [9.17, 15) is 8.78 Å². The molecular formula is C13H16F2N2S. The Kier molecular flexibility index (Phi) is 4.24. The van der Waals surface area contributed by atoms with Crippen LogP contribution in [0, 0.1) is 17.6 Å². The van der Waals surface area contributed by atoms with Crippen molar-refractivity contribution in [2.24, 2.45) is 11.7 Å². The van der Waals surface area contributed by atoms with E-state index in [0.717, 1.165) is 32.0 Å². The number of hydrogen-bond donors (Lipinski definition) is 1. The van der Waals surface area contributed by atoms with Crippen molar-refractivity contribution < 1.29 is 8.78 Å². The first-order chi connectivity index (χ1) is 8.54. The van der Waals surface area contributed by atoms with E-state index in [1.807, 2.05) is 0 Å². The van der Waals surface area contributed by atoms with Crippen LogP contribution in [0.25, 0.3) is 0 Å². The minimum absolute atomic E-state index is 0.306. The van der Waals surface area contributed by atoms with Gasteiger partial charge >= 0.3 is 0 Å². The molecule has 0 bridgehead atoms. The standard InChI is InChI=1S/C13H16F2N2S/c14-11-5-9(6-12(15)7-11)8-17-3-1-10(2-4-17)13(16)18/h5-7,10H,1-4,8H2,(H2,16,18). The number of piperidine rings is 1. The summed E-state index contributed by atoms with van der Waals surface area (Å²) in [7, 11) is 0. The fourth-order valence-electron chi connectivity index (χ4n) is 2.34. The van der Waals surface area contributed by atoms with Gasteiger partial charge in [-0.2, -0.15) is 0 Å². The Morgan fingerprint density at radius 2 is 1.78 bits per heavy atom. The van der Waals surface area contributed by atoms with Crippen molar-refractivity contribution >= 4 is 17.2 Å². The predicted octanol–water partition coefficient (Wildman–Crippen LogP) is 2.46. The fraction of sp³-hybridized carbons (Fsp3) is 0.462. The molecule has 1 aromatic carbocycles. The summed E-state index contributed by atoms with van der Waals surface area (Å²) in [6, 6.07) is 3.65. The van der Waals surface area contributed by atoms with E-state index >= 15 is 0 Å². The van der Waals surface area contributed by atoms with Gasteiger partial charge in [0.15, 0.2) is 0 Å². The summed E-state index contributed by atoms with van der Waals surface area (Å²) >= 11 is 4.98. The summed E-state index contributed by atoms with van der Waals surface area (Å²) in [6.45, 7) is 2.29. The lowest BCUT2D eigenvalue weighted by atomic mass is 9.96. The van der Waals surface area contributed by atoms with Crippen LogP contribution >= 0.6 is 12.2 Å². The maximum Gasteiger partial charge on any atom is 0.126 e. The third kappa shape index (κ3) is 3.46. The lowest BCUT2D eigenvalue weighted by Gasteiger charge is -2.31.